The Labute approximate surface area is 283 Å². The number of unbranched alkanes of at least 4 members (excludes halogenated alkanes) is 3. The van der Waals surface area contributed by atoms with E-state index in [-0.39, 0.29) is 12.2 Å². The van der Waals surface area contributed by atoms with Gasteiger partial charge in [0.05, 0.1) is 35.1 Å². The van der Waals surface area contributed by atoms with E-state index in [9.17, 15) is 9.59 Å². The van der Waals surface area contributed by atoms with Gasteiger partial charge in [0.2, 0.25) is 0 Å². The molecule has 0 aliphatic carbocycles. The number of benzene rings is 3. The molecule has 0 amide bonds. The van der Waals surface area contributed by atoms with Gasteiger partial charge in [0.1, 0.15) is 30.5 Å². The molecular formula is C37H39ClN2O6S. The molecule has 1 aromatic heterocycles. The predicted molar refractivity (Wildman–Crippen MR) is 185 cm³/mol. The number of thiazole rings is 1. The zero-order chi connectivity index (χ0) is 33.2. The largest absolute Gasteiger partial charge is 0.494 e. The van der Waals surface area contributed by atoms with Crippen molar-refractivity contribution in [3.63, 3.8) is 0 Å². The van der Waals surface area contributed by atoms with Crippen molar-refractivity contribution in [2.24, 2.45) is 4.99 Å². The van der Waals surface area contributed by atoms with Gasteiger partial charge in [0, 0.05) is 10.6 Å². The van der Waals surface area contributed by atoms with Gasteiger partial charge in [0.25, 0.3) is 5.56 Å². The van der Waals surface area contributed by atoms with E-state index in [1.807, 2.05) is 60.7 Å². The van der Waals surface area contributed by atoms with Gasteiger partial charge in [-0.05, 0) is 74.4 Å². The molecule has 2 heterocycles. The Morgan fingerprint density at radius 2 is 1.57 bits per heavy atom. The first-order valence-electron chi connectivity index (χ1n) is 15.9. The van der Waals surface area contributed by atoms with Gasteiger partial charge in [-0.25, -0.2) is 9.79 Å². The predicted octanol–water partition coefficient (Wildman–Crippen LogP) is 6.87. The number of ether oxygens (including phenoxy) is 4. The van der Waals surface area contributed by atoms with Crippen molar-refractivity contribution in [2.45, 2.75) is 52.5 Å². The maximum absolute atomic E-state index is 14.0. The number of para-hydroxylation sites is 1. The maximum Gasteiger partial charge on any atom is 0.338 e. The molecule has 1 aliphatic rings. The van der Waals surface area contributed by atoms with E-state index in [1.165, 1.54) is 30.6 Å². The third kappa shape index (κ3) is 8.53. The SMILES string of the molecule is CCCCCCOc1ccc(OCCOc2ccccc2/C=c2\sc3n(c2=O)[C@@H](c2ccc(Cl)cc2)C(C(=O)OCC)=C(C)N=3)cc1. The molecule has 47 heavy (non-hydrogen) atoms. The molecule has 5 rings (SSSR count). The van der Waals surface area contributed by atoms with Gasteiger partial charge in [-0.3, -0.25) is 9.36 Å². The van der Waals surface area contributed by atoms with E-state index >= 15 is 0 Å². The first-order valence-corrected chi connectivity index (χ1v) is 17.1. The third-order valence-corrected chi connectivity index (χ3v) is 8.84. The average Bonchev–Trinajstić information content (AvgIpc) is 3.37. The first kappa shape index (κ1) is 34.0. The summed E-state index contributed by atoms with van der Waals surface area (Å²) in [4.78, 5) is 32.2. The summed E-state index contributed by atoms with van der Waals surface area (Å²) in [6, 6.07) is 21.5. The summed E-state index contributed by atoms with van der Waals surface area (Å²) in [7, 11) is 0. The second-order valence-electron chi connectivity index (χ2n) is 11.0. The minimum Gasteiger partial charge on any atom is -0.494 e. The fraction of sp³-hybridized carbons (Fsp3) is 0.324. The van der Waals surface area contributed by atoms with Crippen molar-refractivity contribution in [1.29, 1.82) is 0 Å². The Bertz CT molecular complexity index is 1880. The van der Waals surface area contributed by atoms with Gasteiger partial charge >= 0.3 is 5.97 Å². The molecule has 246 valence electrons. The van der Waals surface area contributed by atoms with Gasteiger partial charge in [-0.1, -0.05) is 79.5 Å². The number of rotatable bonds is 15. The summed E-state index contributed by atoms with van der Waals surface area (Å²) < 4.78 is 25.2. The number of aromatic nitrogens is 1. The summed E-state index contributed by atoms with van der Waals surface area (Å²) in [6.07, 6.45) is 6.47. The van der Waals surface area contributed by atoms with E-state index in [2.05, 4.69) is 11.9 Å². The number of carbonyl (C=O) groups excluding carboxylic acids is 1. The van der Waals surface area contributed by atoms with Crippen molar-refractivity contribution >= 4 is 35.0 Å². The van der Waals surface area contributed by atoms with Crippen molar-refractivity contribution in [3.05, 3.63) is 120 Å². The lowest BCUT2D eigenvalue weighted by molar-refractivity contribution is -0.139. The molecule has 3 aromatic carbocycles. The van der Waals surface area contributed by atoms with Gasteiger partial charge in [-0.2, -0.15) is 0 Å². The van der Waals surface area contributed by atoms with Gasteiger partial charge in [0.15, 0.2) is 4.80 Å². The quantitative estimate of drug-likeness (QED) is 0.101. The van der Waals surface area contributed by atoms with Crippen LogP contribution in [-0.2, 0) is 9.53 Å². The van der Waals surface area contributed by atoms with Crippen molar-refractivity contribution in [2.75, 3.05) is 26.4 Å². The molecule has 0 fully saturated rings. The highest BCUT2D eigenvalue weighted by molar-refractivity contribution is 7.07. The van der Waals surface area contributed by atoms with Gasteiger partial charge in [-0.15, -0.1) is 0 Å². The molecule has 0 unspecified atom stereocenters. The van der Waals surface area contributed by atoms with Crippen LogP contribution in [0, 0.1) is 0 Å². The maximum atomic E-state index is 14.0. The lowest BCUT2D eigenvalue weighted by atomic mass is 9.96. The molecule has 0 radical (unpaired) electrons. The Morgan fingerprint density at radius 3 is 2.28 bits per heavy atom. The number of hydrogen-bond acceptors (Lipinski definition) is 8. The summed E-state index contributed by atoms with van der Waals surface area (Å²) in [5, 5.41) is 0.553. The van der Waals surface area contributed by atoms with Crippen molar-refractivity contribution < 1.29 is 23.7 Å². The molecule has 0 saturated heterocycles. The van der Waals surface area contributed by atoms with Crippen LogP contribution in [0.5, 0.6) is 17.2 Å². The molecule has 0 saturated carbocycles. The van der Waals surface area contributed by atoms with Crippen LogP contribution in [0.2, 0.25) is 5.02 Å². The summed E-state index contributed by atoms with van der Waals surface area (Å²) >= 11 is 7.42. The Hall–Kier alpha value is -4.34. The monoisotopic (exact) mass is 674 g/mol. The summed E-state index contributed by atoms with van der Waals surface area (Å²) in [5.74, 6) is 1.67. The van der Waals surface area contributed by atoms with Crippen LogP contribution >= 0.6 is 22.9 Å². The highest BCUT2D eigenvalue weighted by Crippen LogP contribution is 2.31. The number of nitrogens with zero attached hydrogens (tertiary/aromatic N) is 2. The highest BCUT2D eigenvalue weighted by Gasteiger charge is 2.33. The Kier molecular flexibility index (Phi) is 11.9. The van der Waals surface area contributed by atoms with E-state index in [1.54, 1.807) is 36.6 Å². The van der Waals surface area contributed by atoms with Crippen LogP contribution in [0.1, 0.15) is 63.6 Å². The fourth-order valence-electron chi connectivity index (χ4n) is 5.29. The normalized spacial score (nSPS) is 14.4. The average molecular weight is 675 g/mol. The number of allylic oxidation sites excluding steroid dienone is 1. The number of halogens is 1. The van der Waals surface area contributed by atoms with E-state index in [0.29, 0.717) is 51.2 Å². The van der Waals surface area contributed by atoms with Crippen LogP contribution in [0.15, 0.2) is 93.9 Å². The molecule has 4 aromatic rings. The minimum atomic E-state index is -0.709. The molecular weight excluding hydrogens is 636 g/mol. The molecule has 1 atom stereocenters. The zero-order valence-electron chi connectivity index (χ0n) is 26.9. The highest BCUT2D eigenvalue weighted by atomic mass is 35.5. The van der Waals surface area contributed by atoms with Gasteiger partial charge < -0.3 is 18.9 Å². The first-order chi connectivity index (χ1) is 22.9. The molecule has 1 aliphatic heterocycles. The topological polar surface area (TPSA) is 88.4 Å². The second kappa shape index (κ2) is 16.5. The standard InChI is InChI=1S/C37H39ClN2O6S/c1-4-6-7-10-21-44-29-17-19-30(20-18-29)45-22-23-46-31-12-9-8-11-27(31)24-32-35(41)40-34(26-13-15-28(38)16-14-26)33(36(42)43-5-2)25(3)39-37(40)47-32/h8-9,11-20,24,34H,4-7,10,21-23H2,1-3H3/b32-24-/t34-/m0/s1. The Balaban J connectivity index is 1.31. The van der Waals surface area contributed by atoms with E-state index in [0.717, 1.165) is 29.0 Å². The zero-order valence-corrected chi connectivity index (χ0v) is 28.4. The van der Waals surface area contributed by atoms with E-state index in [4.69, 9.17) is 30.5 Å². The molecule has 0 bridgehead atoms. The molecule has 0 spiro atoms. The molecule has 0 N–H and O–H groups in total. The fourth-order valence-corrected chi connectivity index (χ4v) is 6.45. The van der Waals surface area contributed by atoms with Crippen molar-refractivity contribution in [1.82, 2.24) is 4.57 Å². The number of hydrogen-bond donors (Lipinski definition) is 0. The lowest BCUT2D eigenvalue weighted by Gasteiger charge is -2.24. The third-order valence-electron chi connectivity index (χ3n) is 7.61. The molecule has 8 nitrogen and oxygen atoms in total. The van der Waals surface area contributed by atoms with E-state index < -0.39 is 12.0 Å². The number of esters is 1. The van der Waals surface area contributed by atoms with Crippen LogP contribution in [0.25, 0.3) is 6.08 Å². The Morgan fingerprint density at radius 1 is 0.894 bits per heavy atom. The lowest BCUT2D eigenvalue weighted by Crippen LogP contribution is -2.39. The smallest absolute Gasteiger partial charge is 0.338 e. The second-order valence-corrected chi connectivity index (χ2v) is 12.4. The number of fused-ring (bicyclic) bond motifs is 1. The summed E-state index contributed by atoms with van der Waals surface area (Å²) in [5.41, 5.74) is 2.02. The van der Waals surface area contributed by atoms with Crippen LogP contribution in [0.4, 0.5) is 0 Å². The van der Waals surface area contributed by atoms with Crippen molar-refractivity contribution in [3.8, 4) is 17.2 Å². The number of carbonyl (C=O) groups is 1. The van der Waals surface area contributed by atoms with Crippen LogP contribution < -0.4 is 29.1 Å². The molecule has 10 heteroatoms. The summed E-state index contributed by atoms with van der Waals surface area (Å²) in [6.45, 7) is 7.26. The minimum absolute atomic E-state index is 0.204. The van der Waals surface area contributed by atoms with Crippen LogP contribution in [-0.4, -0.2) is 37.0 Å². The van der Waals surface area contributed by atoms with Crippen LogP contribution in [0.3, 0.4) is 0 Å².